The largest absolute Gasteiger partial charge is 0.416 e. The average Bonchev–Trinajstić information content (AvgIpc) is 2.97. The molecule has 3 unspecified atom stereocenters. The van der Waals surface area contributed by atoms with Crippen LogP contribution in [0.2, 0.25) is 0 Å². The van der Waals surface area contributed by atoms with Crippen molar-refractivity contribution in [3.8, 4) is 0 Å². The molecular formula is C13H17F3N2. The molecule has 1 aromatic rings. The number of rotatable bonds is 3. The quantitative estimate of drug-likeness (QED) is 0.645. The Kier molecular flexibility index (Phi) is 3.38. The highest BCUT2D eigenvalue weighted by Gasteiger charge is 2.40. The Morgan fingerprint density at radius 3 is 2.39 bits per heavy atom. The Balaban J connectivity index is 2.29. The van der Waals surface area contributed by atoms with E-state index < -0.39 is 11.7 Å². The normalized spacial score (nSPS) is 25.0. The highest BCUT2D eigenvalue weighted by molar-refractivity contribution is 5.35. The topological polar surface area (TPSA) is 38.0 Å². The molecule has 0 bridgehead atoms. The lowest BCUT2D eigenvalue weighted by Crippen LogP contribution is -2.30. The zero-order valence-electron chi connectivity index (χ0n) is 10.4. The first-order valence-corrected chi connectivity index (χ1v) is 5.98. The van der Waals surface area contributed by atoms with Crippen molar-refractivity contribution in [3.63, 3.8) is 0 Å². The molecule has 2 rings (SSSR count). The number of halogens is 3. The van der Waals surface area contributed by atoms with Gasteiger partial charge in [-0.15, -0.1) is 0 Å². The van der Waals surface area contributed by atoms with Crippen molar-refractivity contribution in [2.75, 3.05) is 0 Å². The Bertz CT molecular complexity index is 442. The molecule has 0 aliphatic heterocycles. The molecule has 0 amide bonds. The van der Waals surface area contributed by atoms with E-state index in [4.69, 9.17) is 5.84 Å². The fourth-order valence-electron chi connectivity index (χ4n) is 2.46. The minimum absolute atomic E-state index is 0.0534. The van der Waals surface area contributed by atoms with E-state index in [2.05, 4.69) is 12.3 Å². The molecule has 1 aliphatic carbocycles. The van der Waals surface area contributed by atoms with Crippen LogP contribution in [0.5, 0.6) is 0 Å². The minimum Gasteiger partial charge on any atom is -0.271 e. The number of hydrazine groups is 1. The number of nitrogens with two attached hydrogens (primary N) is 1. The predicted molar refractivity (Wildman–Crippen MR) is 63.5 cm³/mol. The van der Waals surface area contributed by atoms with Crippen molar-refractivity contribution in [2.24, 2.45) is 17.7 Å². The molecule has 1 fully saturated rings. The lowest BCUT2D eigenvalue weighted by Gasteiger charge is -2.19. The predicted octanol–water partition coefficient (Wildman–Crippen LogP) is 3.17. The van der Waals surface area contributed by atoms with Crippen LogP contribution in [0, 0.1) is 18.8 Å². The molecule has 1 saturated carbocycles. The van der Waals surface area contributed by atoms with Gasteiger partial charge in [0, 0.05) is 6.04 Å². The van der Waals surface area contributed by atoms with Crippen molar-refractivity contribution in [3.05, 3.63) is 34.9 Å². The van der Waals surface area contributed by atoms with Gasteiger partial charge in [0.05, 0.1) is 5.56 Å². The molecule has 0 spiro atoms. The molecule has 18 heavy (non-hydrogen) atoms. The third-order valence-electron chi connectivity index (χ3n) is 3.71. The molecule has 0 heterocycles. The number of aryl methyl sites for hydroxylation is 1. The second kappa shape index (κ2) is 4.55. The zero-order chi connectivity index (χ0) is 13.5. The molecule has 0 radical (unpaired) electrons. The monoisotopic (exact) mass is 258 g/mol. The molecule has 2 nitrogen and oxygen atoms in total. The van der Waals surface area contributed by atoms with Crippen molar-refractivity contribution in [1.29, 1.82) is 0 Å². The summed E-state index contributed by atoms with van der Waals surface area (Å²) in [5.41, 5.74) is 3.61. The van der Waals surface area contributed by atoms with E-state index in [1.54, 1.807) is 6.92 Å². The van der Waals surface area contributed by atoms with Crippen LogP contribution in [0.1, 0.15) is 36.1 Å². The first-order chi connectivity index (χ1) is 8.34. The maximum Gasteiger partial charge on any atom is 0.416 e. The maximum atomic E-state index is 12.6. The first-order valence-electron chi connectivity index (χ1n) is 5.98. The van der Waals surface area contributed by atoms with Crippen molar-refractivity contribution in [1.82, 2.24) is 5.43 Å². The van der Waals surface area contributed by atoms with Gasteiger partial charge in [-0.1, -0.05) is 13.0 Å². The summed E-state index contributed by atoms with van der Waals surface area (Å²) in [5.74, 6) is 6.53. The van der Waals surface area contributed by atoms with Gasteiger partial charge in [-0.3, -0.25) is 11.3 Å². The first kappa shape index (κ1) is 13.4. The molecule has 1 aromatic carbocycles. The van der Waals surface area contributed by atoms with Gasteiger partial charge in [-0.2, -0.15) is 13.2 Å². The van der Waals surface area contributed by atoms with Crippen molar-refractivity contribution >= 4 is 0 Å². The van der Waals surface area contributed by atoms with Gasteiger partial charge in [-0.05, 0) is 48.4 Å². The summed E-state index contributed by atoms with van der Waals surface area (Å²) in [6, 6.07) is 3.79. The van der Waals surface area contributed by atoms with Crippen LogP contribution in [0.15, 0.2) is 18.2 Å². The van der Waals surface area contributed by atoms with Gasteiger partial charge in [0.1, 0.15) is 0 Å². The Morgan fingerprint density at radius 2 is 2.00 bits per heavy atom. The summed E-state index contributed by atoms with van der Waals surface area (Å²) < 4.78 is 37.7. The summed E-state index contributed by atoms with van der Waals surface area (Å²) >= 11 is 0. The lowest BCUT2D eigenvalue weighted by molar-refractivity contribution is -0.137. The van der Waals surface area contributed by atoms with E-state index in [9.17, 15) is 13.2 Å². The fourth-order valence-corrected chi connectivity index (χ4v) is 2.46. The van der Waals surface area contributed by atoms with Crippen molar-refractivity contribution < 1.29 is 13.2 Å². The van der Waals surface area contributed by atoms with E-state index >= 15 is 0 Å². The maximum absolute atomic E-state index is 12.6. The van der Waals surface area contributed by atoms with Crippen LogP contribution in [-0.2, 0) is 6.18 Å². The van der Waals surface area contributed by atoms with Gasteiger partial charge >= 0.3 is 6.18 Å². The van der Waals surface area contributed by atoms with E-state index in [1.807, 2.05) is 0 Å². The van der Waals surface area contributed by atoms with E-state index in [1.165, 1.54) is 12.1 Å². The molecule has 3 N–H and O–H groups in total. The van der Waals surface area contributed by atoms with Crippen LogP contribution in [-0.4, -0.2) is 0 Å². The van der Waals surface area contributed by atoms with E-state index in [-0.39, 0.29) is 6.04 Å². The summed E-state index contributed by atoms with van der Waals surface area (Å²) in [6.07, 6.45) is -3.23. The van der Waals surface area contributed by atoms with E-state index in [0.717, 1.165) is 18.1 Å². The van der Waals surface area contributed by atoms with Crippen LogP contribution in [0.4, 0.5) is 13.2 Å². The summed E-state index contributed by atoms with van der Waals surface area (Å²) in [7, 11) is 0. The van der Waals surface area contributed by atoms with Gasteiger partial charge in [0.15, 0.2) is 0 Å². The molecular weight excluding hydrogens is 241 g/mol. The summed E-state index contributed by atoms with van der Waals surface area (Å²) in [6.45, 7) is 3.82. The number of hydrogen-bond donors (Lipinski definition) is 2. The molecule has 5 heteroatoms. The smallest absolute Gasteiger partial charge is 0.271 e. The summed E-state index contributed by atoms with van der Waals surface area (Å²) in [4.78, 5) is 0. The van der Waals surface area contributed by atoms with E-state index in [0.29, 0.717) is 17.4 Å². The van der Waals surface area contributed by atoms with Crippen LogP contribution in [0.3, 0.4) is 0 Å². The highest BCUT2D eigenvalue weighted by atomic mass is 19.4. The lowest BCUT2D eigenvalue weighted by atomic mass is 9.95. The molecule has 0 aromatic heterocycles. The van der Waals surface area contributed by atoms with Crippen LogP contribution in [0.25, 0.3) is 0 Å². The number of benzene rings is 1. The summed E-state index contributed by atoms with van der Waals surface area (Å²) in [5, 5.41) is 0. The van der Waals surface area contributed by atoms with Gasteiger partial charge < -0.3 is 0 Å². The van der Waals surface area contributed by atoms with Gasteiger partial charge in [0.25, 0.3) is 0 Å². The molecule has 100 valence electrons. The molecule has 0 saturated heterocycles. The number of nitrogens with one attached hydrogen (secondary N) is 1. The average molecular weight is 258 g/mol. The Labute approximate surface area is 104 Å². The standard InChI is InChI=1S/C13H17F3N2/c1-7-5-9(13(14,15)16)3-4-10(7)12(18-17)11-6-8(11)2/h3-5,8,11-12,18H,6,17H2,1-2H3. The molecule has 1 aliphatic rings. The highest BCUT2D eigenvalue weighted by Crippen LogP contribution is 2.47. The minimum atomic E-state index is -4.29. The third kappa shape index (κ3) is 2.52. The fraction of sp³-hybridized carbons (Fsp3) is 0.538. The second-order valence-corrected chi connectivity index (χ2v) is 5.09. The van der Waals surface area contributed by atoms with Crippen molar-refractivity contribution in [2.45, 2.75) is 32.5 Å². The second-order valence-electron chi connectivity index (χ2n) is 5.09. The van der Waals surface area contributed by atoms with Gasteiger partial charge in [-0.25, -0.2) is 0 Å². The van der Waals surface area contributed by atoms with Crippen LogP contribution >= 0.6 is 0 Å². The molecule has 3 atom stereocenters. The van der Waals surface area contributed by atoms with Crippen LogP contribution < -0.4 is 11.3 Å². The third-order valence-corrected chi connectivity index (χ3v) is 3.71. The number of hydrogen-bond acceptors (Lipinski definition) is 2. The Morgan fingerprint density at radius 1 is 1.39 bits per heavy atom. The van der Waals surface area contributed by atoms with Gasteiger partial charge in [0.2, 0.25) is 0 Å². The number of alkyl halides is 3. The SMILES string of the molecule is Cc1cc(C(F)(F)F)ccc1C(NN)C1CC1C. The Hall–Kier alpha value is -1.07. The zero-order valence-corrected chi connectivity index (χ0v) is 10.4.